The summed E-state index contributed by atoms with van der Waals surface area (Å²) in [7, 11) is 0. The van der Waals surface area contributed by atoms with Crippen LogP contribution in [0.5, 0.6) is 0 Å². The second-order valence-electron chi connectivity index (χ2n) is 5.19. The topological polar surface area (TPSA) is 29.9 Å². The normalized spacial score (nSPS) is 10.9. The highest BCUT2D eigenvalue weighted by atomic mass is 15.0. The second kappa shape index (κ2) is 6.53. The highest BCUT2D eigenvalue weighted by Gasteiger charge is 2.01. The molecule has 0 spiro atoms. The third-order valence-corrected chi connectivity index (χ3v) is 3.60. The van der Waals surface area contributed by atoms with Gasteiger partial charge in [0.1, 0.15) is 0 Å². The average Bonchev–Trinajstić information content (AvgIpc) is 2.88. The molecule has 0 saturated heterocycles. The molecule has 1 aromatic carbocycles. The maximum absolute atomic E-state index is 4.04. The van der Waals surface area contributed by atoms with Gasteiger partial charge in [-0.1, -0.05) is 12.1 Å². The fourth-order valence-electron chi connectivity index (χ4n) is 2.24. The van der Waals surface area contributed by atoms with Crippen LogP contribution in [0.15, 0.2) is 30.9 Å². The first kappa shape index (κ1) is 13.8. The molecule has 2 rings (SSSR count). The Labute approximate surface area is 115 Å². The minimum atomic E-state index is 0.955. The smallest absolute Gasteiger partial charge is 0.0945 e. The van der Waals surface area contributed by atoms with Gasteiger partial charge in [-0.3, -0.25) is 0 Å². The number of rotatable bonds is 6. The van der Waals surface area contributed by atoms with Crippen molar-refractivity contribution in [1.82, 2.24) is 14.9 Å². The van der Waals surface area contributed by atoms with Crippen molar-refractivity contribution in [3.05, 3.63) is 53.1 Å². The number of hydrogen-bond acceptors (Lipinski definition) is 2. The molecule has 0 saturated carbocycles. The van der Waals surface area contributed by atoms with E-state index in [1.165, 1.54) is 22.3 Å². The molecule has 102 valence electrons. The molecule has 2 aromatic rings. The van der Waals surface area contributed by atoms with E-state index in [2.05, 4.69) is 47.8 Å². The molecule has 1 aromatic heterocycles. The van der Waals surface area contributed by atoms with E-state index in [9.17, 15) is 0 Å². The maximum atomic E-state index is 4.04. The summed E-state index contributed by atoms with van der Waals surface area (Å²) in [6.07, 6.45) is 6.83. The summed E-state index contributed by atoms with van der Waals surface area (Å²) >= 11 is 0. The summed E-state index contributed by atoms with van der Waals surface area (Å²) in [6, 6.07) is 4.57. The lowest BCUT2D eigenvalue weighted by molar-refractivity contribution is 0.580. The van der Waals surface area contributed by atoms with Crippen LogP contribution in [0.4, 0.5) is 0 Å². The van der Waals surface area contributed by atoms with Crippen LogP contribution in [0.1, 0.15) is 28.7 Å². The minimum absolute atomic E-state index is 0.955. The van der Waals surface area contributed by atoms with Crippen LogP contribution in [0.3, 0.4) is 0 Å². The quantitative estimate of drug-likeness (QED) is 0.806. The van der Waals surface area contributed by atoms with Crippen LogP contribution in [0, 0.1) is 20.8 Å². The Bertz CT molecular complexity index is 515. The molecule has 1 heterocycles. The van der Waals surface area contributed by atoms with Crippen molar-refractivity contribution >= 4 is 0 Å². The third-order valence-electron chi connectivity index (χ3n) is 3.60. The zero-order valence-corrected chi connectivity index (χ0v) is 12.1. The highest BCUT2D eigenvalue weighted by molar-refractivity contribution is 5.36. The van der Waals surface area contributed by atoms with Crippen molar-refractivity contribution < 1.29 is 0 Å². The fourth-order valence-corrected chi connectivity index (χ4v) is 2.24. The van der Waals surface area contributed by atoms with Crippen LogP contribution in [0.2, 0.25) is 0 Å². The van der Waals surface area contributed by atoms with E-state index in [4.69, 9.17) is 0 Å². The fraction of sp³-hybridized carbons (Fsp3) is 0.438. The van der Waals surface area contributed by atoms with Gasteiger partial charge < -0.3 is 9.88 Å². The zero-order valence-electron chi connectivity index (χ0n) is 12.1. The van der Waals surface area contributed by atoms with E-state index >= 15 is 0 Å². The van der Waals surface area contributed by atoms with Crippen LogP contribution in [0.25, 0.3) is 0 Å². The van der Waals surface area contributed by atoms with E-state index in [-0.39, 0.29) is 0 Å². The van der Waals surface area contributed by atoms with E-state index in [1.54, 1.807) is 0 Å². The van der Waals surface area contributed by atoms with Gasteiger partial charge in [-0.05, 0) is 56.0 Å². The van der Waals surface area contributed by atoms with E-state index in [1.807, 2.05) is 18.7 Å². The van der Waals surface area contributed by atoms with Crippen LogP contribution < -0.4 is 5.32 Å². The lowest BCUT2D eigenvalue weighted by Crippen LogP contribution is -2.17. The Morgan fingerprint density at radius 1 is 1.11 bits per heavy atom. The van der Waals surface area contributed by atoms with Crippen LogP contribution in [-0.4, -0.2) is 16.1 Å². The standard InChI is InChI=1S/C16H23N3/c1-13-9-15(3)16(10-14(13)2)11-17-5-4-7-19-8-6-18-12-19/h6,8-10,12,17H,4-5,7,11H2,1-3H3. The number of hydrogen-bond donors (Lipinski definition) is 1. The Morgan fingerprint density at radius 2 is 1.89 bits per heavy atom. The lowest BCUT2D eigenvalue weighted by atomic mass is 10.0. The van der Waals surface area contributed by atoms with Crippen molar-refractivity contribution in [3.63, 3.8) is 0 Å². The van der Waals surface area contributed by atoms with Gasteiger partial charge >= 0.3 is 0 Å². The van der Waals surface area contributed by atoms with Gasteiger partial charge in [0, 0.05) is 25.5 Å². The van der Waals surface area contributed by atoms with Crippen LogP contribution in [-0.2, 0) is 13.1 Å². The van der Waals surface area contributed by atoms with Crippen molar-refractivity contribution in [3.8, 4) is 0 Å². The first-order valence-corrected chi connectivity index (χ1v) is 6.90. The Balaban J connectivity index is 1.75. The predicted octanol–water partition coefficient (Wildman–Crippen LogP) is 2.99. The van der Waals surface area contributed by atoms with Crippen molar-refractivity contribution in [1.29, 1.82) is 0 Å². The lowest BCUT2D eigenvalue weighted by Gasteiger charge is -2.11. The molecule has 0 radical (unpaired) electrons. The molecule has 0 aliphatic carbocycles. The van der Waals surface area contributed by atoms with Crippen molar-refractivity contribution in [2.45, 2.75) is 40.3 Å². The molecule has 0 fully saturated rings. The van der Waals surface area contributed by atoms with Gasteiger partial charge in [0.25, 0.3) is 0 Å². The molecular weight excluding hydrogens is 234 g/mol. The van der Waals surface area contributed by atoms with Crippen molar-refractivity contribution in [2.75, 3.05) is 6.54 Å². The molecule has 1 N–H and O–H groups in total. The van der Waals surface area contributed by atoms with E-state index in [0.29, 0.717) is 0 Å². The van der Waals surface area contributed by atoms with Crippen molar-refractivity contribution in [2.24, 2.45) is 0 Å². The molecule has 0 atom stereocenters. The molecule has 0 aliphatic heterocycles. The number of aromatic nitrogens is 2. The summed E-state index contributed by atoms with van der Waals surface area (Å²) in [5, 5.41) is 3.52. The number of aryl methyl sites for hydroxylation is 4. The summed E-state index contributed by atoms with van der Waals surface area (Å²) in [5.74, 6) is 0. The SMILES string of the molecule is Cc1cc(C)c(CNCCCn2ccnc2)cc1C. The molecule has 0 unspecified atom stereocenters. The van der Waals surface area contributed by atoms with Gasteiger partial charge in [-0.25, -0.2) is 4.98 Å². The third kappa shape index (κ3) is 3.93. The molecule has 0 bridgehead atoms. The van der Waals surface area contributed by atoms with E-state index < -0.39 is 0 Å². The summed E-state index contributed by atoms with van der Waals surface area (Å²) in [6.45, 7) is 9.55. The summed E-state index contributed by atoms with van der Waals surface area (Å²) in [5.41, 5.74) is 5.54. The summed E-state index contributed by atoms with van der Waals surface area (Å²) < 4.78 is 2.11. The Kier molecular flexibility index (Phi) is 4.74. The van der Waals surface area contributed by atoms with E-state index in [0.717, 1.165) is 26.1 Å². The zero-order chi connectivity index (χ0) is 13.7. The largest absolute Gasteiger partial charge is 0.337 e. The first-order valence-electron chi connectivity index (χ1n) is 6.90. The van der Waals surface area contributed by atoms with Gasteiger partial charge in [0.15, 0.2) is 0 Å². The molecule has 0 aliphatic rings. The number of nitrogens with zero attached hydrogens (tertiary/aromatic N) is 2. The molecule has 3 heteroatoms. The Morgan fingerprint density at radius 3 is 2.63 bits per heavy atom. The number of imidazole rings is 1. The Hall–Kier alpha value is -1.61. The maximum Gasteiger partial charge on any atom is 0.0945 e. The number of nitrogens with one attached hydrogen (secondary N) is 1. The molecular formula is C16H23N3. The average molecular weight is 257 g/mol. The summed E-state index contributed by atoms with van der Waals surface area (Å²) in [4.78, 5) is 4.04. The van der Waals surface area contributed by atoms with Gasteiger partial charge in [-0.2, -0.15) is 0 Å². The van der Waals surface area contributed by atoms with Crippen LogP contribution >= 0.6 is 0 Å². The predicted molar refractivity (Wildman–Crippen MR) is 79.2 cm³/mol. The molecule has 3 nitrogen and oxygen atoms in total. The van der Waals surface area contributed by atoms with Gasteiger partial charge in [-0.15, -0.1) is 0 Å². The van der Waals surface area contributed by atoms with Gasteiger partial charge in [0.05, 0.1) is 6.33 Å². The monoisotopic (exact) mass is 257 g/mol. The highest BCUT2D eigenvalue weighted by Crippen LogP contribution is 2.14. The molecule has 0 amide bonds. The minimum Gasteiger partial charge on any atom is -0.337 e. The second-order valence-corrected chi connectivity index (χ2v) is 5.19. The number of benzene rings is 1. The molecule has 19 heavy (non-hydrogen) atoms. The van der Waals surface area contributed by atoms with Gasteiger partial charge in [0.2, 0.25) is 0 Å². The first-order chi connectivity index (χ1) is 9.16.